The van der Waals surface area contributed by atoms with Crippen molar-refractivity contribution >= 4 is 11.5 Å². The van der Waals surface area contributed by atoms with Gasteiger partial charge in [-0.2, -0.15) is 0 Å². The molecule has 1 aliphatic rings. The zero-order chi connectivity index (χ0) is 15.1. The number of aliphatic hydroxyl groups is 1. The molecule has 22 heavy (non-hydrogen) atoms. The summed E-state index contributed by atoms with van der Waals surface area (Å²) in [6.07, 6.45) is 5.07. The van der Waals surface area contributed by atoms with Gasteiger partial charge < -0.3 is 10.0 Å². The summed E-state index contributed by atoms with van der Waals surface area (Å²) in [7, 11) is 0. The number of rotatable bonds is 2. The second-order valence-electron chi connectivity index (χ2n) is 5.43. The molecule has 0 spiro atoms. The molecule has 0 aliphatic carbocycles. The highest BCUT2D eigenvalue weighted by atomic mass is 19.1. The van der Waals surface area contributed by atoms with Crippen LogP contribution in [0.4, 0.5) is 10.2 Å². The molecule has 112 valence electrons. The molecule has 0 bridgehead atoms. The first-order valence-electron chi connectivity index (χ1n) is 7.07. The standard InChI is InChI=1S/C15H14FN5O/c16-11-3-1-2-10(6-11)13-7-12(22)8-21(13)14-15-19-18-9-20(15)5-4-17-14/h1-6,9,12-13,22H,7-8H2/t12-,13+/m1/s1. The lowest BCUT2D eigenvalue weighted by Crippen LogP contribution is -2.26. The number of benzene rings is 1. The molecular formula is C15H14FN5O. The normalized spacial score (nSPS) is 21.6. The van der Waals surface area contributed by atoms with Gasteiger partial charge in [-0.3, -0.25) is 4.40 Å². The number of β-amino-alcohol motifs (C(OH)–C–C–N with tert-alkyl or cyclic N) is 1. The summed E-state index contributed by atoms with van der Waals surface area (Å²) in [5.74, 6) is 0.360. The Balaban J connectivity index is 1.80. The second-order valence-corrected chi connectivity index (χ2v) is 5.43. The fourth-order valence-electron chi connectivity index (χ4n) is 3.03. The van der Waals surface area contributed by atoms with E-state index in [-0.39, 0.29) is 11.9 Å². The third-order valence-corrected chi connectivity index (χ3v) is 3.98. The van der Waals surface area contributed by atoms with Gasteiger partial charge in [-0.1, -0.05) is 12.1 Å². The molecule has 1 N–H and O–H groups in total. The van der Waals surface area contributed by atoms with Crippen LogP contribution in [0.5, 0.6) is 0 Å². The molecule has 7 heteroatoms. The molecule has 3 aromatic rings. The quantitative estimate of drug-likeness (QED) is 0.778. The fourth-order valence-corrected chi connectivity index (χ4v) is 3.03. The predicted molar refractivity (Wildman–Crippen MR) is 77.9 cm³/mol. The van der Waals surface area contributed by atoms with Crippen molar-refractivity contribution in [2.45, 2.75) is 18.6 Å². The lowest BCUT2D eigenvalue weighted by atomic mass is 10.0. The summed E-state index contributed by atoms with van der Waals surface area (Å²) in [6, 6.07) is 6.32. The van der Waals surface area contributed by atoms with E-state index in [4.69, 9.17) is 0 Å². The first kappa shape index (κ1) is 13.1. The summed E-state index contributed by atoms with van der Waals surface area (Å²) in [5.41, 5.74) is 1.44. The molecule has 1 fully saturated rings. The van der Waals surface area contributed by atoms with Crippen molar-refractivity contribution in [3.63, 3.8) is 0 Å². The average molecular weight is 299 g/mol. The van der Waals surface area contributed by atoms with Gasteiger partial charge in [0.25, 0.3) is 0 Å². The first-order valence-corrected chi connectivity index (χ1v) is 7.07. The second kappa shape index (κ2) is 5.03. The molecule has 6 nitrogen and oxygen atoms in total. The van der Waals surface area contributed by atoms with Crippen molar-refractivity contribution in [3.05, 3.63) is 54.4 Å². The van der Waals surface area contributed by atoms with Gasteiger partial charge >= 0.3 is 0 Å². The molecular weight excluding hydrogens is 285 g/mol. The van der Waals surface area contributed by atoms with Crippen molar-refractivity contribution in [2.24, 2.45) is 0 Å². The third-order valence-electron chi connectivity index (χ3n) is 3.98. The van der Waals surface area contributed by atoms with Crippen molar-refractivity contribution < 1.29 is 9.50 Å². The monoisotopic (exact) mass is 299 g/mol. The number of fused-ring (bicyclic) bond motifs is 1. The van der Waals surface area contributed by atoms with E-state index in [1.54, 1.807) is 29.2 Å². The van der Waals surface area contributed by atoms with Crippen LogP contribution in [0, 0.1) is 5.82 Å². The Hall–Kier alpha value is -2.54. The zero-order valence-electron chi connectivity index (χ0n) is 11.7. The topological polar surface area (TPSA) is 66.5 Å². The molecule has 1 saturated heterocycles. The average Bonchev–Trinajstić information content (AvgIpc) is 3.13. The zero-order valence-corrected chi connectivity index (χ0v) is 11.7. The van der Waals surface area contributed by atoms with E-state index in [2.05, 4.69) is 15.2 Å². The van der Waals surface area contributed by atoms with Gasteiger partial charge in [0.05, 0.1) is 12.1 Å². The van der Waals surface area contributed by atoms with Crippen LogP contribution in [-0.2, 0) is 0 Å². The molecule has 4 rings (SSSR count). The Morgan fingerprint density at radius 3 is 3.09 bits per heavy atom. The van der Waals surface area contributed by atoms with Gasteiger partial charge in [-0.15, -0.1) is 10.2 Å². The number of hydrogen-bond acceptors (Lipinski definition) is 5. The highest BCUT2D eigenvalue weighted by Crippen LogP contribution is 2.36. The largest absolute Gasteiger partial charge is 0.391 e. The Kier molecular flexibility index (Phi) is 3.00. The Morgan fingerprint density at radius 2 is 2.23 bits per heavy atom. The minimum absolute atomic E-state index is 0.138. The van der Waals surface area contributed by atoms with Crippen molar-refractivity contribution in [2.75, 3.05) is 11.4 Å². The van der Waals surface area contributed by atoms with E-state index in [1.807, 2.05) is 11.0 Å². The Labute approximate surface area is 125 Å². The molecule has 0 saturated carbocycles. The van der Waals surface area contributed by atoms with E-state index < -0.39 is 6.10 Å². The number of aliphatic hydroxyl groups excluding tert-OH is 1. The number of halogens is 1. The number of aromatic nitrogens is 4. The first-order chi connectivity index (χ1) is 10.7. The van der Waals surface area contributed by atoms with Crippen LogP contribution in [0.15, 0.2) is 43.0 Å². The lowest BCUT2D eigenvalue weighted by molar-refractivity contribution is 0.194. The van der Waals surface area contributed by atoms with Gasteiger partial charge in [0, 0.05) is 18.9 Å². The number of anilines is 1. The molecule has 1 aromatic carbocycles. The maximum absolute atomic E-state index is 13.5. The summed E-state index contributed by atoms with van der Waals surface area (Å²) in [6.45, 7) is 0.431. The van der Waals surface area contributed by atoms with Crippen molar-refractivity contribution in [1.82, 2.24) is 19.6 Å². The molecule has 0 amide bonds. The van der Waals surface area contributed by atoms with Crippen LogP contribution in [0.25, 0.3) is 5.65 Å². The van der Waals surface area contributed by atoms with Crippen LogP contribution in [0.2, 0.25) is 0 Å². The summed E-state index contributed by atoms with van der Waals surface area (Å²) in [4.78, 5) is 6.35. The van der Waals surface area contributed by atoms with Gasteiger partial charge in [0.1, 0.15) is 12.1 Å². The highest BCUT2D eigenvalue weighted by Gasteiger charge is 2.34. The van der Waals surface area contributed by atoms with E-state index in [0.717, 1.165) is 5.56 Å². The van der Waals surface area contributed by atoms with Crippen LogP contribution in [0.1, 0.15) is 18.0 Å². The minimum atomic E-state index is -0.488. The van der Waals surface area contributed by atoms with Crippen LogP contribution in [-0.4, -0.2) is 37.3 Å². The van der Waals surface area contributed by atoms with Crippen LogP contribution >= 0.6 is 0 Å². The maximum atomic E-state index is 13.5. The van der Waals surface area contributed by atoms with E-state index in [0.29, 0.717) is 24.4 Å². The lowest BCUT2D eigenvalue weighted by Gasteiger charge is -2.25. The molecule has 1 aliphatic heterocycles. The van der Waals surface area contributed by atoms with Gasteiger partial charge in [0.2, 0.25) is 5.65 Å². The predicted octanol–water partition coefficient (Wildman–Crippen LogP) is 1.58. The van der Waals surface area contributed by atoms with Crippen molar-refractivity contribution in [3.8, 4) is 0 Å². The van der Waals surface area contributed by atoms with E-state index >= 15 is 0 Å². The molecule has 0 radical (unpaired) electrons. The molecule has 0 unspecified atom stereocenters. The fraction of sp³-hybridized carbons (Fsp3) is 0.267. The SMILES string of the molecule is O[C@@H]1C[C@@H](c2cccc(F)c2)N(c2nccn3cnnc23)C1. The van der Waals surface area contributed by atoms with Crippen molar-refractivity contribution in [1.29, 1.82) is 0 Å². The molecule has 2 aromatic heterocycles. The van der Waals surface area contributed by atoms with Crippen LogP contribution in [0.3, 0.4) is 0 Å². The Morgan fingerprint density at radius 1 is 1.32 bits per heavy atom. The summed E-state index contributed by atoms with van der Waals surface area (Å²) >= 11 is 0. The minimum Gasteiger partial charge on any atom is -0.391 e. The number of hydrogen-bond donors (Lipinski definition) is 1. The Bertz CT molecular complexity index is 820. The van der Waals surface area contributed by atoms with Gasteiger partial charge in [-0.25, -0.2) is 9.37 Å². The molecule has 2 atom stereocenters. The number of nitrogens with zero attached hydrogens (tertiary/aromatic N) is 5. The van der Waals surface area contributed by atoms with Gasteiger partial charge in [-0.05, 0) is 24.1 Å². The molecule has 3 heterocycles. The highest BCUT2D eigenvalue weighted by molar-refractivity contribution is 5.65. The maximum Gasteiger partial charge on any atom is 0.203 e. The van der Waals surface area contributed by atoms with Gasteiger partial charge in [0.15, 0.2) is 5.82 Å². The van der Waals surface area contributed by atoms with E-state index in [9.17, 15) is 9.50 Å². The smallest absolute Gasteiger partial charge is 0.203 e. The van der Waals surface area contributed by atoms with E-state index in [1.165, 1.54) is 12.1 Å². The summed E-state index contributed by atoms with van der Waals surface area (Å²) < 4.78 is 15.3. The van der Waals surface area contributed by atoms with Crippen LogP contribution < -0.4 is 4.90 Å². The summed E-state index contributed by atoms with van der Waals surface area (Å²) in [5, 5.41) is 18.1. The third kappa shape index (κ3) is 2.10.